The number of carbonyl (C=O) groups is 1. The Kier molecular flexibility index (Phi) is 3.76. The molecule has 1 N–H and O–H groups in total. The molecule has 0 aliphatic heterocycles. The normalized spacial score (nSPS) is 11.0. The molecule has 7 heteroatoms. The summed E-state index contributed by atoms with van der Waals surface area (Å²) >= 11 is 0. The van der Waals surface area contributed by atoms with E-state index in [1.54, 1.807) is 48.0 Å². The molecule has 0 saturated carbocycles. The number of furan rings is 1. The van der Waals surface area contributed by atoms with Crippen LogP contribution in [0.25, 0.3) is 17.1 Å². The summed E-state index contributed by atoms with van der Waals surface area (Å²) < 4.78 is 20.9. The lowest BCUT2D eigenvalue weighted by molar-refractivity contribution is 0.102. The van der Waals surface area contributed by atoms with Crippen LogP contribution in [0.2, 0.25) is 0 Å². The van der Waals surface area contributed by atoms with E-state index in [4.69, 9.17) is 4.42 Å². The highest BCUT2D eigenvalue weighted by molar-refractivity contribution is 6.03. The third-order valence-electron chi connectivity index (χ3n) is 3.98. The molecule has 4 aromatic rings. The summed E-state index contributed by atoms with van der Waals surface area (Å²) in [6.45, 7) is 3.60. The first kappa shape index (κ1) is 16.0. The van der Waals surface area contributed by atoms with Gasteiger partial charge < -0.3 is 9.73 Å². The van der Waals surface area contributed by atoms with Gasteiger partial charge in [0.05, 0.1) is 12.0 Å². The van der Waals surface area contributed by atoms with Gasteiger partial charge in [0.1, 0.15) is 17.2 Å². The second-order valence-corrected chi connectivity index (χ2v) is 6.00. The number of rotatable bonds is 3. The zero-order valence-electron chi connectivity index (χ0n) is 14.2. The molecule has 0 aliphatic carbocycles. The van der Waals surface area contributed by atoms with E-state index in [0.29, 0.717) is 17.1 Å². The third-order valence-corrected chi connectivity index (χ3v) is 3.98. The van der Waals surface area contributed by atoms with Gasteiger partial charge in [0, 0.05) is 11.8 Å². The van der Waals surface area contributed by atoms with Gasteiger partial charge >= 0.3 is 0 Å². The Morgan fingerprint density at radius 2 is 2.04 bits per heavy atom. The van der Waals surface area contributed by atoms with E-state index >= 15 is 0 Å². The summed E-state index contributed by atoms with van der Waals surface area (Å²) in [5.41, 5.74) is 2.92. The standard InChI is InChI=1S/C19H15FN4O2/c1-11-5-6-14(13(20)8-11)22-19(25)16-9-12(2)24-18(21-16)10-15(23-24)17-4-3-7-26-17/h3-10H,1-2H3,(H,22,25). The van der Waals surface area contributed by atoms with Crippen LogP contribution >= 0.6 is 0 Å². The molecule has 3 heterocycles. The number of aryl methyl sites for hydroxylation is 2. The van der Waals surface area contributed by atoms with Crippen molar-refractivity contribution in [2.75, 3.05) is 5.32 Å². The SMILES string of the molecule is Cc1ccc(NC(=O)c2cc(C)n3nc(-c4ccco4)cc3n2)c(F)c1. The molecule has 26 heavy (non-hydrogen) atoms. The lowest BCUT2D eigenvalue weighted by atomic mass is 10.2. The Hall–Kier alpha value is -3.48. The number of nitrogens with one attached hydrogen (secondary N) is 1. The number of benzene rings is 1. The van der Waals surface area contributed by atoms with Gasteiger partial charge in [0.25, 0.3) is 5.91 Å². The molecular formula is C19H15FN4O2. The number of amides is 1. The fraction of sp³-hybridized carbons (Fsp3) is 0.105. The van der Waals surface area contributed by atoms with Crippen LogP contribution < -0.4 is 5.32 Å². The van der Waals surface area contributed by atoms with Crippen molar-refractivity contribution in [1.29, 1.82) is 0 Å². The minimum atomic E-state index is -0.487. The highest BCUT2D eigenvalue weighted by Gasteiger charge is 2.15. The Labute approximate surface area is 148 Å². The molecule has 0 radical (unpaired) electrons. The summed E-state index contributed by atoms with van der Waals surface area (Å²) in [6.07, 6.45) is 1.56. The number of carbonyl (C=O) groups excluding carboxylic acids is 1. The number of anilines is 1. The Morgan fingerprint density at radius 3 is 2.77 bits per heavy atom. The van der Waals surface area contributed by atoms with Gasteiger partial charge in [-0.15, -0.1) is 0 Å². The van der Waals surface area contributed by atoms with Gasteiger partial charge in [-0.25, -0.2) is 13.9 Å². The summed E-state index contributed by atoms with van der Waals surface area (Å²) in [7, 11) is 0. The Morgan fingerprint density at radius 1 is 1.19 bits per heavy atom. The van der Waals surface area contributed by atoms with Crippen molar-refractivity contribution < 1.29 is 13.6 Å². The van der Waals surface area contributed by atoms with Crippen LogP contribution in [0.5, 0.6) is 0 Å². The van der Waals surface area contributed by atoms with Crippen LogP contribution in [0, 0.1) is 19.7 Å². The van der Waals surface area contributed by atoms with Crippen molar-refractivity contribution >= 4 is 17.2 Å². The van der Waals surface area contributed by atoms with Gasteiger partial charge in [-0.1, -0.05) is 6.07 Å². The third kappa shape index (κ3) is 2.83. The lowest BCUT2D eigenvalue weighted by Crippen LogP contribution is -2.16. The quantitative estimate of drug-likeness (QED) is 0.606. The maximum atomic E-state index is 14.0. The minimum absolute atomic E-state index is 0.115. The molecule has 0 spiro atoms. The van der Waals surface area contributed by atoms with E-state index in [0.717, 1.165) is 11.3 Å². The van der Waals surface area contributed by atoms with Crippen molar-refractivity contribution in [1.82, 2.24) is 14.6 Å². The molecule has 3 aromatic heterocycles. The second-order valence-electron chi connectivity index (χ2n) is 6.00. The van der Waals surface area contributed by atoms with Crippen molar-refractivity contribution in [3.05, 3.63) is 71.5 Å². The Balaban J connectivity index is 1.69. The second kappa shape index (κ2) is 6.11. The summed E-state index contributed by atoms with van der Waals surface area (Å²) in [5.74, 6) is -0.359. The molecule has 0 saturated heterocycles. The van der Waals surface area contributed by atoms with Crippen LogP contribution in [-0.2, 0) is 0 Å². The van der Waals surface area contributed by atoms with Crippen LogP contribution in [0.15, 0.2) is 53.1 Å². The molecule has 1 aromatic carbocycles. The first-order valence-electron chi connectivity index (χ1n) is 8.00. The maximum absolute atomic E-state index is 14.0. The van der Waals surface area contributed by atoms with E-state index in [1.165, 1.54) is 12.1 Å². The fourth-order valence-electron chi connectivity index (χ4n) is 2.69. The van der Waals surface area contributed by atoms with Gasteiger partial charge in [-0.3, -0.25) is 4.79 Å². The average Bonchev–Trinajstić information content (AvgIpc) is 3.26. The van der Waals surface area contributed by atoms with Crippen LogP contribution in [0.1, 0.15) is 21.7 Å². The largest absolute Gasteiger partial charge is 0.463 e. The van der Waals surface area contributed by atoms with Crippen LogP contribution in [0.4, 0.5) is 10.1 Å². The molecular weight excluding hydrogens is 335 g/mol. The van der Waals surface area contributed by atoms with Gasteiger partial charge in [0.2, 0.25) is 0 Å². The number of hydrogen-bond acceptors (Lipinski definition) is 4. The van der Waals surface area contributed by atoms with E-state index in [1.807, 2.05) is 6.92 Å². The molecule has 0 unspecified atom stereocenters. The molecule has 0 fully saturated rings. The minimum Gasteiger partial charge on any atom is -0.463 e. The zero-order chi connectivity index (χ0) is 18.3. The van der Waals surface area contributed by atoms with E-state index < -0.39 is 11.7 Å². The average molecular weight is 350 g/mol. The topological polar surface area (TPSA) is 72.4 Å². The monoisotopic (exact) mass is 350 g/mol. The Bertz CT molecular complexity index is 1120. The maximum Gasteiger partial charge on any atom is 0.274 e. The molecule has 0 bridgehead atoms. The molecule has 1 amide bonds. The van der Waals surface area contributed by atoms with Crippen LogP contribution in [-0.4, -0.2) is 20.5 Å². The van der Waals surface area contributed by atoms with Crippen molar-refractivity contribution in [2.24, 2.45) is 0 Å². The van der Waals surface area contributed by atoms with E-state index in [9.17, 15) is 9.18 Å². The smallest absolute Gasteiger partial charge is 0.274 e. The number of fused-ring (bicyclic) bond motifs is 1. The molecule has 0 aliphatic rings. The summed E-state index contributed by atoms with van der Waals surface area (Å²) in [6, 6.07) is 11.5. The highest BCUT2D eigenvalue weighted by Crippen LogP contribution is 2.21. The van der Waals surface area contributed by atoms with Crippen molar-refractivity contribution in [3.8, 4) is 11.5 Å². The van der Waals surface area contributed by atoms with Gasteiger partial charge in [-0.2, -0.15) is 5.10 Å². The summed E-state index contributed by atoms with van der Waals surface area (Å²) in [4.78, 5) is 16.8. The number of aromatic nitrogens is 3. The summed E-state index contributed by atoms with van der Waals surface area (Å²) in [5, 5.41) is 6.99. The molecule has 0 atom stereocenters. The van der Waals surface area contributed by atoms with Crippen molar-refractivity contribution in [2.45, 2.75) is 13.8 Å². The molecule has 130 valence electrons. The lowest BCUT2D eigenvalue weighted by Gasteiger charge is -2.08. The zero-order valence-corrected chi connectivity index (χ0v) is 14.2. The molecule has 4 rings (SSSR count). The van der Waals surface area contributed by atoms with Gasteiger partial charge in [0.15, 0.2) is 11.4 Å². The fourth-order valence-corrected chi connectivity index (χ4v) is 2.69. The first-order chi connectivity index (χ1) is 12.5. The predicted molar refractivity (Wildman–Crippen MR) is 94.5 cm³/mol. The predicted octanol–water partition coefficient (Wildman–Crippen LogP) is 4.00. The number of nitrogens with zero attached hydrogens (tertiary/aromatic N) is 3. The van der Waals surface area contributed by atoms with E-state index in [-0.39, 0.29) is 11.4 Å². The number of halogens is 1. The van der Waals surface area contributed by atoms with Gasteiger partial charge in [-0.05, 0) is 49.7 Å². The number of hydrogen-bond donors (Lipinski definition) is 1. The highest BCUT2D eigenvalue weighted by atomic mass is 19.1. The van der Waals surface area contributed by atoms with Crippen LogP contribution in [0.3, 0.4) is 0 Å². The molecule has 6 nitrogen and oxygen atoms in total. The first-order valence-corrected chi connectivity index (χ1v) is 8.00. The van der Waals surface area contributed by atoms with E-state index in [2.05, 4.69) is 15.4 Å². The van der Waals surface area contributed by atoms with Crippen molar-refractivity contribution in [3.63, 3.8) is 0 Å².